The lowest BCUT2D eigenvalue weighted by atomic mass is 9.78. The van der Waals surface area contributed by atoms with E-state index in [0.29, 0.717) is 23.5 Å². The van der Waals surface area contributed by atoms with E-state index in [1.807, 2.05) is 26.0 Å². The molecular formula is C25H32BNO5. The molecule has 1 aliphatic heterocycles. The number of hydrogen-bond acceptors (Lipinski definition) is 6. The van der Waals surface area contributed by atoms with Crippen molar-refractivity contribution in [2.24, 2.45) is 0 Å². The van der Waals surface area contributed by atoms with Gasteiger partial charge in [0.15, 0.2) is 0 Å². The van der Waals surface area contributed by atoms with Gasteiger partial charge in [0.1, 0.15) is 29.6 Å². The van der Waals surface area contributed by atoms with E-state index >= 15 is 0 Å². The number of fused-ring (bicyclic) bond motifs is 1. The van der Waals surface area contributed by atoms with E-state index in [1.54, 1.807) is 42.5 Å². The molecule has 0 radical (unpaired) electrons. The van der Waals surface area contributed by atoms with E-state index in [-0.39, 0.29) is 11.2 Å². The number of phenols is 1. The Bertz CT molecular complexity index is 988. The lowest BCUT2D eigenvalue weighted by Crippen LogP contribution is -2.33. The summed E-state index contributed by atoms with van der Waals surface area (Å²) >= 11 is 0. The van der Waals surface area contributed by atoms with Crippen molar-refractivity contribution in [2.45, 2.75) is 33.1 Å². The molecule has 0 aromatic heterocycles. The van der Waals surface area contributed by atoms with Crippen LogP contribution in [0, 0.1) is 0 Å². The van der Waals surface area contributed by atoms with Gasteiger partial charge >= 0.3 is 7.12 Å². The first-order valence-electron chi connectivity index (χ1n) is 11.3. The quantitative estimate of drug-likeness (QED) is 0.487. The van der Waals surface area contributed by atoms with Crippen molar-refractivity contribution in [3.05, 3.63) is 54.6 Å². The summed E-state index contributed by atoms with van der Waals surface area (Å²) in [5.41, 5.74) is 0.259. The van der Waals surface area contributed by atoms with Crippen LogP contribution in [0.4, 0.5) is 0 Å². The first-order chi connectivity index (χ1) is 15.6. The summed E-state index contributed by atoms with van der Waals surface area (Å²) < 4.78 is 11.9. The Kier molecular flexibility index (Phi) is 8.79. The number of aromatic hydroxyl groups is 1. The zero-order valence-corrected chi connectivity index (χ0v) is 18.8. The van der Waals surface area contributed by atoms with Crippen molar-refractivity contribution >= 4 is 23.4 Å². The normalized spacial score (nSPS) is 13.9. The number of nitrogens with zero attached hydrogens (tertiary/aromatic N) is 1. The summed E-state index contributed by atoms with van der Waals surface area (Å²) in [6.45, 7) is 7.88. The summed E-state index contributed by atoms with van der Waals surface area (Å²) in [5, 5.41) is 30.6. The molecule has 1 saturated heterocycles. The van der Waals surface area contributed by atoms with Gasteiger partial charge in [-0.2, -0.15) is 0 Å². The van der Waals surface area contributed by atoms with Crippen LogP contribution in [0.5, 0.6) is 23.0 Å². The number of likely N-dealkylation sites (tertiary alicyclic amines) is 1. The third kappa shape index (κ3) is 6.16. The number of benzene rings is 3. The third-order valence-corrected chi connectivity index (χ3v) is 5.43. The van der Waals surface area contributed by atoms with E-state index in [4.69, 9.17) is 9.47 Å². The van der Waals surface area contributed by atoms with Crippen molar-refractivity contribution in [2.75, 3.05) is 26.2 Å². The molecule has 1 heterocycles. The molecule has 0 unspecified atom stereocenters. The van der Waals surface area contributed by atoms with Crippen LogP contribution in [-0.4, -0.2) is 53.4 Å². The molecule has 1 aliphatic rings. The minimum absolute atomic E-state index is 0.136. The van der Waals surface area contributed by atoms with Crippen LogP contribution >= 0.6 is 0 Å². The molecule has 3 aromatic rings. The SMILES string of the molecule is CC.OB(O)c1ccc2cc(O)ccc2c1Oc1ccc(OCCN2CCCCC2)cc1. The average molecular weight is 437 g/mol. The van der Waals surface area contributed by atoms with Crippen molar-refractivity contribution in [3.8, 4) is 23.0 Å². The van der Waals surface area contributed by atoms with Crippen LogP contribution in [0.15, 0.2) is 54.6 Å². The lowest BCUT2D eigenvalue weighted by molar-refractivity contribution is 0.183. The van der Waals surface area contributed by atoms with Crippen LogP contribution in [0.1, 0.15) is 33.1 Å². The van der Waals surface area contributed by atoms with Crippen LogP contribution < -0.4 is 14.9 Å². The molecule has 0 saturated carbocycles. The molecule has 0 aliphatic carbocycles. The van der Waals surface area contributed by atoms with Gasteiger partial charge in [-0.25, -0.2) is 0 Å². The highest BCUT2D eigenvalue weighted by Crippen LogP contribution is 2.31. The van der Waals surface area contributed by atoms with E-state index in [9.17, 15) is 15.2 Å². The van der Waals surface area contributed by atoms with Crippen LogP contribution in [0.2, 0.25) is 0 Å². The van der Waals surface area contributed by atoms with Crippen molar-refractivity contribution in [1.82, 2.24) is 4.90 Å². The number of rotatable bonds is 7. The highest BCUT2D eigenvalue weighted by atomic mass is 16.5. The molecule has 1 fully saturated rings. The van der Waals surface area contributed by atoms with Crippen LogP contribution in [0.25, 0.3) is 10.8 Å². The van der Waals surface area contributed by atoms with E-state index in [1.165, 1.54) is 19.3 Å². The molecule has 32 heavy (non-hydrogen) atoms. The third-order valence-electron chi connectivity index (χ3n) is 5.43. The molecular weight excluding hydrogens is 405 g/mol. The molecule has 0 atom stereocenters. The number of hydrogen-bond donors (Lipinski definition) is 3. The maximum absolute atomic E-state index is 9.75. The second-order valence-corrected chi connectivity index (χ2v) is 7.59. The standard InChI is InChI=1S/C23H26BNO5.C2H6/c26-18-5-10-21-17(16-18)4-11-22(24(27)28)23(21)30-20-8-6-19(7-9-20)29-15-14-25-12-2-1-3-13-25;1-2/h4-11,16,26-28H,1-3,12-15H2;1-2H3. The minimum Gasteiger partial charge on any atom is -0.508 e. The van der Waals surface area contributed by atoms with E-state index in [2.05, 4.69) is 4.90 Å². The summed E-state index contributed by atoms with van der Waals surface area (Å²) in [5.74, 6) is 1.81. The van der Waals surface area contributed by atoms with Crippen molar-refractivity contribution in [1.29, 1.82) is 0 Å². The zero-order chi connectivity index (χ0) is 22.9. The van der Waals surface area contributed by atoms with Gasteiger partial charge in [-0.1, -0.05) is 32.4 Å². The van der Waals surface area contributed by atoms with E-state index < -0.39 is 7.12 Å². The Morgan fingerprint density at radius 2 is 1.56 bits per heavy atom. The van der Waals surface area contributed by atoms with Gasteiger partial charge < -0.3 is 24.6 Å². The molecule has 3 aromatic carbocycles. The van der Waals surface area contributed by atoms with Crippen molar-refractivity contribution < 1.29 is 24.6 Å². The number of phenolic OH excluding ortho intramolecular Hbond substituents is 1. The highest BCUT2D eigenvalue weighted by Gasteiger charge is 2.20. The fraction of sp³-hybridized carbons (Fsp3) is 0.360. The molecule has 7 heteroatoms. The highest BCUT2D eigenvalue weighted by molar-refractivity contribution is 6.60. The van der Waals surface area contributed by atoms with Crippen molar-refractivity contribution in [3.63, 3.8) is 0 Å². The molecule has 0 amide bonds. The van der Waals surface area contributed by atoms with Gasteiger partial charge in [0.2, 0.25) is 0 Å². The smallest absolute Gasteiger partial charge is 0.492 e. The van der Waals surface area contributed by atoms with Crippen LogP contribution in [-0.2, 0) is 0 Å². The molecule has 6 nitrogen and oxygen atoms in total. The summed E-state index contributed by atoms with van der Waals surface area (Å²) in [4.78, 5) is 2.43. The first-order valence-corrected chi connectivity index (χ1v) is 11.3. The fourth-order valence-corrected chi connectivity index (χ4v) is 3.82. The number of ether oxygens (including phenoxy) is 2. The maximum atomic E-state index is 9.75. The monoisotopic (exact) mass is 437 g/mol. The summed E-state index contributed by atoms with van der Waals surface area (Å²) in [7, 11) is -1.67. The molecule has 0 bridgehead atoms. The largest absolute Gasteiger partial charge is 0.508 e. The zero-order valence-electron chi connectivity index (χ0n) is 18.8. The second kappa shape index (κ2) is 11.8. The fourth-order valence-electron chi connectivity index (χ4n) is 3.82. The topological polar surface area (TPSA) is 82.4 Å². The first kappa shape index (κ1) is 23.9. The molecule has 0 spiro atoms. The minimum atomic E-state index is -1.67. The van der Waals surface area contributed by atoms with Gasteiger partial charge in [0.25, 0.3) is 0 Å². The predicted molar refractivity (Wildman–Crippen MR) is 129 cm³/mol. The van der Waals surface area contributed by atoms with E-state index in [0.717, 1.165) is 30.8 Å². The van der Waals surface area contributed by atoms with Gasteiger partial charge in [0.05, 0.1) is 0 Å². The van der Waals surface area contributed by atoms with Gasteiger partial charge in [0, 0.05) is 17.4 Å². The number of piperidine rings is 1. The Hall–Kier alpha value is -2.74. The Balaban J connectivity index is 0.00000141. The maximum Gasteiger partial charge on any atom is 0.492 e. The lowest BCUT2D eigenvalue weighted by Gasteiger charge is -2.26. The Labute approximate surface area is 190 Å². The summed E-state index contributed by atoms with van der Waals surface area (Å²) in [6, 6.07) is 15.4. The Morgan fingerprint density at radius 3 is 2.25 bits per heavy atom. The predicted octanol–water partition coefficient (Wildman–Crippen LogP) is 3.91. The van der Waals surface area contributed by atoms with Gasteiger partial charge in [-0.05, 0) is 73.8 Å². The van der Waals surface area contributed by atoms with Gasteiger partial charge in [-0.15, -0.1) is 0 Å². The summed E-state index contributed by atoms with van der Waals surface area (Å²) in [6.07, 6.45) is 3.86. The molecule has 4 rings (SSSR count). The molecule has 3 N–H and O–H groups in total. The van der Waals surface area contributed by atoms with Crippen LogP contribution in [0.3, 0.4) is 0 Å². The van der Waals surface area contributed by atoms with Gasteiger partial charge in [-0.3, -0.25) is 4.90 Å². The molecule has 170 valence electrons. The Morgan fingerprint density at radius 1 is 0.875 bits per heavy atom. The second-order valence-electron chi connectivity index (χ2n) is 7.59. The average Bonchev–Trinajstić information content (AvgIpc) is 2.82.